The molecule has 5 nitrogen and oxygen atoms in total. The summed E-state index contributed by atoms with van der Waals surface area (Å²) in [5, 5.41) is 1.29. The Morgan fingerprint density at radius 1 is 0.865 bits per heavy atom. The predicted octanol–water partition coefficient (Wildman–Crippen LogP) is 7.45. The first-order chi connectivity index (χ1) is 17.5. The van der Waals surface area contributed by atoms with Gasteiger partial charge in [-0.2, -0.15) is 13.2 Å². The van der Waals surface area contributed by atoms with Crippen LogP contribution in [0.1, 0.15) is 11.3 Å². The molecule has 0 bridgehead atoms. The van der Waals surface area contributed by atoms with Crippen LogP contribution < -0.4 is 9.46 Å². The van der Waals surface area contributed by atoms with Crippen molar-refractivity contribution in [3.8, 4) is 11.5 Å². The number of ether oxygens (including phenoxy) is 1. The topological polar surface area (TPSA) is 68.3 Å². The molecule has 4 aromatic carbocycles. The molecule has 0 aliphatic rings. The van der Waals surface area contributed by atoms with Crippen molar-refractivity contribution in [1.29, 1.82) is 0 Å². The Labute approximate surface area is 209 Å². The van der Waals surface area contributed by atoms with E-state index in [4.69, 9.17) is 4.74 Å². The number of benzene rings is 4. The first-order valence-corrected chi connectivity index (χ1v) is 12.5. The number of nitrogens with one attached hydrogen (secondary N) is 1. The fraction of sp³-hybridized carbons (Fsp3) is 0.0741. The highest BCUT2D eigenvalue weighted by Crippen LogP contribution is 2.38. The molecule has 1 N–H and O–H groups in total. The molecule has 0 saturated heterocycles. The molecule has 37 heavy (non-hydrogen) atoms. The summed E-state index contributed by atoms with van der Waals surface area (Å²) in [6.07, 6.45) is -4.62. The summed E-state index contributed by atoms with van der Waals surface area (Å²) >= 11 is 0. The van der Waals surface area contributed by atoms with Crippen LogP contribution in [0.3, 0.4) is 0 Å². The van der Waals surface area contributed by atoms with Gasteiger partial charge in [0.15, 0.2) is 5.82 Å². The Bertz CT molecular complexity index is 1760. The molecule has 0 atom stereocenters. The average Bonchev–Trinajstić information content (AvgIpc) is 2.84. The Morgan fingerprint density at radius 3 is 2.32 bits per heavy atom. The second-order valence-corrected chi connectivity index (χ2v) is 9.94. The number of hydrogen-bond acceptors (Lipinski definition) is 4. The molecule has 0 saturated carbocycles. The summed E-state index contributed by atoms with van der Waals surface area (Å²) in [7, 11) is -4.13. The lowest BCUT2D eigenvalue weighted by molar-refractivity contribution is -0.136. The van der Waals surface area contributed by atoms with Gasteiger partial charge in [-0.15, -0.1) is 0 Å². The van der Waals surface area contributed by atoms with Crippen molar-refractivity contribution in [2.45, 2.75) is 18.0 Å². The summed E-state index contributed by atoms with van der Waals surface area (Å²) in [6, 6.07) is 20.2. The van der Waals surface area contributed by atoms with Crippen LogP contribution in [0.15, 0.2) is 89.8 Å². The highest BCUT2D eigenvalue weighted by atomic mass is 32.2. The monoisotopic (exact) mass is 526 g/mol. The largest absolute Gasteiger partial charge is 0.456 e. The van der Waals surface area contributed by atoms with Crippen molar-refractivity contribution < 1.29 is 30.7 Å². The molecular weight excluding hydrogens is 508 g/mol. The summed E-state index contributed by atoms with van der Waals surface area (Å²) in [5.41, 5.74) is -1.23. The minimum Gasteiger partial charge on any atom is -0.456 e. The van der Waals surface area contributed by atoms with E-state index in [-0.39, 0.29) is 38.7 Å². The van der Waals surface area contributed by atoms with Crippen molar-refractivity contribution in [3.05, 3.63) is 102 Å². The Morgan fingerprint density at radius 2 is 1.57 bits per heavy atom. The number of fused-ring (bicyclic) bond motifs is 2. The summed E-state index contributed by atoms with van der Waals surface area (Å²) in [5.74, 6) is -0.903. The number of alkyl halides is 3. The number of hydrogen-bond donors (Lipinski definition) is 1. The standard InChI is InChI=1S/C27H18F4N2O3S/c1-16-14-24(20-9-5-10-21(26(20)32-16)27(29,30)31)36-18-12-13-23(22(28)15-18)33-37(34,35)25-11-4-7-17-6-2-3-8-19(17)25/h2-15,33H,1H3. The van der Waals surface area contributed by atoms with Crippen LogP contribution in [-0.4, -0.2) is 13.4 Å². The molecule has 1 heterocycles. The zero-order chi connectivity index (χ0) is 26.4. The Hall–Kier alpha value is -4.18. The van der Waals surface area contributed by atoms with Crippen molar-refractivity contribution in [1.82, 2.24) is 4.98 Å². The van der Waals surface area contributed by atoms with E-state index >= 15 is 0 Å². The number of aromatic nitrogens is 1. The molecule has 0 amide bonds. The maximum Gasteiger partial charge on any atom is 0.418 e. The highest BCUT2D eigenvalue weighted by molar-refractivity contribution is 7.93. The zero-order valence-corrected chi connectivity index (χ0v) is 20.0. The zero-order valence-electron chi connectivity index (χ0n) is 19.2. The molecule has 1 aromatic heterocycles. The van der Waals surface area contributed by atoms with Gasteiger partial charge in [0.1, 0.15) is 11.5 Å². The molecule has 5 rings (SSSR count). The maximum atomic E-state index is 15.0. The fourth-order valence-corrected chi connectivity index (χ4v) is 5.35. The van der Waals surface area contributed by atoms with E-state index in [1.54, 1.807) is 36.4 Å². The maximum absolute atomic E-state index is 15.0. The van der Waals surface area contributed by atoms with E-state index in [9.17, 15) is 26.0 Å². The van der Waals surface area contributed by atoms with E-state index in [2.05, 4.69) is 9.71 Å². The van der Waals surface area contributed by atoms with Crippen molar-refractivity contribution in [2.75, 3.05) is 4.72 Å². The third kappa shape index (κ3) is 4.79. The molecule has 0 radical (unpaired) electrons. The molecular formula is C27H18F4N2O3S. The smallest absolute Gasteiger partial charge is 0.418 e. The molecule has 0 spiro atoms. The molecule has 0 unspecified atom stereocenters. The van der Waals surface area contributed by atoms with Gasteiger partial charge in [-0.1, -0.05) is 42.5 Å². The van der Waals surface area contributed by atoms with Gasteiger partial charge < -0.3 is 4.74 Å². The van der Waals surface area contributed by atoms with Gasteiger partial charge in [0, 0.05) is 28.6 Å². The first-order valence-electron chi connectivity index (χ1n) is 11.0. The van der Waals surface area contributed by atoms with E-state index in [1.807, 2.05) is 0 Å². The van der Waals surface area contributed by atoms with Crippen LogP contribution >= 0.6 is 0 Å². The summed E-state index contributed by atoms with van der Waals surface area (Å²) in [6.45, 7) is 1.52. The van der Waals surface area contributed by atoms with Crippen LogP contribution in [0.4, 0.5) is 23.2 Å². The predicted molar refractivity (Wildman–Crippen MR) is 133 cm³/mol. The third-order valence-electron chi connectivity index (χ3n) is 5.69. The normalized spacial score (nSPS) is 12.1. The fourth-order valence-electron chi connectivity index (χ4n) is 4.05. The number of pyridine rings is 1. The van der Waals surface area contributed by atoms with Crippen LogP contribution in [0.2, 0.25) is 0 Å². The Kier molecular flexibility index (Phi) is 5.99. The lowest BCUT2D eigenvalue weighted by Gasteiger charge is -2.15. The minimum absolute atomic E-state index is 0.00970. The molecule has 10 heteroatoms. The van der Waals surface area contributed by atoms with E-state index in [0.717, 1.165) is 12.1 Å². The quantitative estimate of drug-likeness (QED) is 0.242. The number of anilines is 1. The van der Waals surface area contributed by atoms with Gasteiger partial charge in [0.2, 0.25) is 0 Å². The van der Waals surface area contributed by atoms with Gasteiger partial charge in [-0.3, -0.25) is 9.71 Å². The number of halogens is 4. The van der Waals surface area contributed by atoms with Crippen molar-refractivity contribution >= 4 is 37.4 Å². The number of rotatable bonds is 5. The summed E-state index contributed by atoms with van der Waals surface area (Å²) < 4.78 is 89.4. The van der Waals surface area contributed by atoms with E-state index < -0.39 is 27.6 Å². The molecule has 5 aromatic rings. The van der Waals surface area contributed by atoms with Crippen LogP contribution in [-0.2, 0) is 16.2 Å². The van der Waals surface area contributed by atoms with Crippen LogP contribution in [0, 0.1) is 12.7 Å². The molecule has 0 aliphatic carbocycles. The Balaban J connectivity index is 1.47. The van der Waals surface area contributed by atoms with E-state index in [1.165, 1.54) is 43.3 Å². The minimum atomic E-state index is -4.62. The van der Waals surface area contributed by atoms with Crippen molar-refractivity contribution in [3.63, 3.8) is 0 Å². The van der Waals surface area contributed by atoms with Crippen LogP contribution in [0.25, 0.3) is 21.7 Å². The molecule has 188 valence electrons. The number of para-hydroxylation sites is 1. The van der Waals surface area contributed by atoms with Gasteiger partial charge in [-0.05, 0) is 42.6 Å². The van der Waals surface area contributed by atoms with Gasteiger partial charge >= 0.3 is 6.18 Å². The van der Waals surface area contributed by atoms with Crippen molar-refractivity contribution in [2.24, 2.45) is 0 Å². The first kappa shape index (κ1) is 24.5. The number of nitrogens with zero attached hydrogens (tertiary/aromatic N) is 1. The number of sulfonamides is 1. The van der Waals surface area contributed by atoms with Gasteiger partial charge in [0.25, 0.3) is 10.0 Å². The third-order valence-corrected chi connectivity index (χ3v) is 7.11. The molecule has 0 aliphatic heterocycles. The molecule has 0 fully saturated rings. The van der Waals surface area contributed by atoms with Crippen LogP contribution in [0.5, 0.6) is 11.5 Å². The second-order valence-electron chi connectivity index (χ2n) is 8.29. The lowest BCUT2D eigenvalue weighted by atomic mass is 10.1. The lowest BCUT2D eigenvalue weighted by Crippen LogP contribution is -2.14. The second kappa shape index (κ2) is 9.04. The summed E-state index contributed by atoms with van der Waals surface area (Å²) in [4.78, 5) is 4.01. The van der Waals surface area contributed by atoms with E-state index in [0.29, 0.717) is 10.8 Å². The average molecular weight is 527 g/mol. The highest BCUT2D eigenvalue weighted by Gasteiger charge is 2.33. The van der Waals surface area contributed by atoms with Gasteiger partial charge in [-0.25, -0.2) is 12.8 Å². The number of aryl methyl sites for hydroxylation is 1. The SMILES string of the molecule is Cc1cc(Oc2ccc(NS(=O)(=O)c3cccc4ccccc34)c(F)c2)c2cccc(C(F)(F)F)c2n1. The van der Waals surface area contributed by atoms with Gasteiger partial charge in [0.05, 0.1) is 21.7 Å².